The minimum atomic E-state index is -0.468. The molecule has 0 saturated carbocycles. The molecule has 1 aromatic rings. The normalized spacial score (nSPS) is 16.7. The van der Waals surface area contributed by atoms with E-state index in [0.29, 0.717) is 26.2 Å². The maximum Gasteiger partial charge on any atom is 0.264 e. The first kappa shape index (κ1) is 15.9. The van der Waals surface area contributed by atoms with Crippen LogP contribution in [0.3, 0.4) is 0 Å². The Kier molecular flexibility index (Phi) is 5.78. The lowest BCUT2D eigenvalue weighted by atomic mass is 10.2. The summed E-state index contributed by atoms with van der Waals surface area (Å²) in [6.45, 7) is 3.98. The van der Waals surface area contributed by atoms with E-state index in [2.05, 4.69) is 0 Å². The molecule has 2 heterocycles. The van der Waals surface area contributed by atoms with E-state index < -0.39 is 6.04 Å². The van der Waals surface area contributed by atoms with Gasteiger partial charge in [0.2, 0.25) is 5.91 Å². The van der Waals surface area contributed by atoms with Crippen molar-refractivity contribution in [2.75, 3.05) is 26.2 Å². The number of halogens is 1. The smallest absolute Gasteiger partial charge is 0.264 e. The number of nitrogens with two attached hydrogens (primary N) is 1. The lowest BCUT2D eigenvalue weighted by Crippen LogP contribution is -2.53. The summed E-state index contributed by atoms with van der Waals surface area (Å²) in [7, 11) is 0. The van der Waals surface area contributed by atoms with Crippen LogP contribution in [-0.4, -0.2) is 53.8 Å². The molecule has 2 rings (SSSR count). The summed E-state index contributed by atoms with van der Waals surface area (Å²) in [6, 6.07) is 3.23. The van der Waals surface area contributed by atoms with Gasteiger partial charge < -0.3 is 15.5 Å². The fourth-order valence-electron chi connectivity index (χ4n) is 1.97. The average Bonchev–Trinajstić information content (AvgIpc) is 2.91. The predicted octanol–water partition coefficient (Wildman–Crippen LogP) is 0.802. The van der Waals surface area contributed by atoms with Crippen LogP contribution < -0.4 is 5.73 Å². The first-order valence-electron chi connectivity index (χ1n) is 5.96. The van der Waals surface area contributed by atoms with Gasteiger partial charge >= 0.3 is 0 Å². The van der Waals surface area contributed by atoms with Crippen LogP contribution in [0, 0.1) is 0 Å². The van der Waals surface area contributed by atoms with Crippen molar-refractivity contribution in [2.24, 2.45) is 5.73 Å². The van der Waals surface area contributed by atoms with Gasteiger partial charge in [0.15, 0.2) is 0 Å². The van der Waals surface area contributed by atoms with Gasteiger partial charge in [0.1, 0.15) is 0 Å². The lowest BCUT2D eigenvalue weighted by molar-refractivity contribution is -0.133. The molecule has 19 heavy (non-hydrogen) atoms. The second-order valence-corrected chi connectivity index (χ2v) is 5.33. The number of thiophene rings is 1. The summed E-state index contributed by atoms with van der Waals surface area (Å²) in [6.07, 6.45) is 0. The van der Waals surface area contributed by atoms with Gasteiger partial charge in [-0.2, -0.15) is 0 Å². The Hall–Kier alpha value is -1.11. The van der Waals surface area contributed by atoms with Gasteiger partial charge in [-0.1, -0.05) is 6.07 Å². The Balaban J connectivity index is 0.00000180. The Morgan fingerprint density at radius 1 is 1.26 bits per heavy atom. The van der Waals surface area contributed by atoms with Gasteiger partial charge in [0.25, 0.3) is 5.91 Å². The van der Waals surface area contributed by atoms with Crippen molar-refractivity contribution in [1.29, 1.82) is 0 Å². The minimum Gasteiger partial charge on any atom is -0.338 e. The van der Waals surface area contributed by atoms with Crippen molar-refractivity contribution >= 4 is 35.6 Å². The molecular formula is C12H18ClN3O2S. The minimum absolute atomic E-state index is 0. The van der Waals surface area contributed by atoms with Gasteiger partial charge in [-0.25, -0.2) is 0 Å². The Morgan fingerprint density at radius 2 is 1.84 bits per heavy atom. The van der Waals surface area contributed by atoms with E-state index in [0.717, 1.165) is 4.88 Å². The molecular weight excluding hydrogens is 286 g/mol. The van der Waals surface area contributed by atoms with Crippen LogP contribution in [0.25, 0.3) is 0 Å². The van der Waals surface area contributed by atoms with Gasteiger partial charge in [0, 0.05) is 26.2 Å². The van der Waals surface area contributed by atoms with E-state index >= 15 is 0 Å². The summed E-state index contributed by atoms with van der Waals surface area (Å²) >= 11 is 1.44. The molecule has 106 valence electrons. The highest BCUT2D eigenvalue weighted by Gasteiger charge is 2.26. The average molecular weight is 304 g/mol. The summed E-state index contributed by atoms with van der Waals surface area (Å²) in [5.74, 6) is 0.0103. The van der Waals surface area contributed by atoms with Crippen molar-refractivity contribution < 1.29 is 9.59 Å². The molecule has 7 heteroatoms. The van der Waals surface area contributed by atoms with Crippen LogP contribution in [0.15, 0.2) is 17.5 Å². The summed E-state index contributed by atoms with van der Waals surface area (Å²) in [5, 5.41) is 1.89. The third kappa shape index (κ3) is 3.68. The fourth-order valence-corrected chi connectivity index (χ4v) is 2.66. The number of rotatable bonds is 2. The third-order valence-electron chi connectivity index (χ3n) is 3.00. The monoisotopic (exact) mass is 303 g/mol. The molecule has 0 unspecified atom stereocenters. The van der Waals surface area contributed by atoms with E-state index in [9.17, 15) is 9.59 Å². The van der Waals surface area contributed by atoms with Crippen molar-refractivity contribution in [3.8, 4) is 0 Å². The summed E-state index contributed by atoms with van der Waals surface area (Å²) < 4.78 is 0. The molecule has 1 aliphatic heterocycles. The fraction of sp³-hybridized carbons (Fsp3) is 0.500. The van der Waals surface area contributed by atoms with E-state index in [1.807, 2.05) is 17.5 Å². The molecule has 0 radical (unpaired) electrons. The maximum atomic E-state index is 12.1. The van der Waals surface area contributed by atoms with Gasteiger partial charge in [-0.15, -0.1) is 23.7 Å². The maximum absolute atomic E-state index is 12.1. The zero-order chi connectivity index (χ0) is 13.1. The summed E-state index contributed by atoms with van der Waals surface area (Å²) in [5.41, 5.74) is 5.57. The molecule has 1 aromatic heterocycles. The van der Waals surface area contributed by atoms with Crippen molar-refractivity contribution in [1.82, 2.24) is 9.80 Å². The van der Waals surface area contributed by atoms with Crippen LogP contribution in [0.5, 0.6) is 0 Å². The molecule has 1 aliphatic rings. The zero-order valence-corrected chi connectivity index (χ0v) is 12.4. The number of carbonyl (C=O) groups is 2. The second-order valence-electron chi connectivity index (χ2n) is 4.38. The van der Waals surface area contributed by atoms with E-state index in [1.165, 1.54) is 11.3 Å². The SMILES string of the molecule is C[C@@H](N)C(=O)N1CCN(C(=O)c2cccs2)CC1.Cl. The van der Waals surface area contributed by atoms with Crippen molar-refractivity contribution in [3.05, 3.63) is 22.4 Å². The van der Waals surface area contributed by atoms with Crippen LogP contribution in [0.2, 0.25) is 0 Å². The van der Waals surface area contributed by atoms with Gasteiger partial charge in [-0.3, -0.25) is 9.59 Å². The molecule has 1 fully saturated rings. The number of amides is 2. The quantitative estimate of drug-likeness (QED) is 0.879. The molecule has 0 spiro atoms. The highest BCUT2D eigenvalue weighted by molar-refractivity contribution is 7.12. The number of piperazine rings is 1. The Morgan fingerprint density at radius 3 is 2.32 bits per heavy atom. The third-order valence-corrected chi connectivity index (χ3v) is 3.86. The number of nitrogens with zero attached hydrogens (tertiary/aromatic N) is 2. The summed E-state index contributed by atoms with van der Waals surface area (Å²) in [4.78, 5) is 28.0. The van der Waals surface area contributed by atoms with Crippen LogP contribution in [0.4, 0.5) is 0 Å². The highest BCUT2D eigenvalue weighted by Crippen LogP contribution is 2.14. The van der Waals surface area contributed by atoms with Crippen LogP contribution >= 0.6 is 23.7 Å². The largest absolute Gasteiger partial charge is 0.338 e. The van der Waals surface area contributed by atoms with E-state index in [1.54, 1.807) is 16.7 Å². The predicted molar refractivity (Wildman–Crippen MR) is 77.7 cm³/mol. The van der Waals surface area contributed by atoms with Gasteiger partial charge in [0.05, 0.1) is 10.9 Å². The second kappa shape index (κ2) is 6.88. The molecule has 1 saturated heterocycles. The molecule has 0 bridgehead atoms. The lowest BCUT2D eigenvalue weighted by Gasteiger charge is -2.35. The first-order chi connectivity index (χ1) is 8.59. The van der Waals surface area contributed by atoms with E-state index in [4.69, 9.17) is 5.73 Å². The standard InChI is InChI=1S/C12H17N3O2S.ClH/c1-9(13)11(16)14-4-6-15(7-5-14)12(17)10-3-2-8-18-10;/h2-3,8-9H,4-7,13H2,1H3;1H/t9-;/m1./s1. The Labute approximate surface area is 122 Å². The van der Waals surface area contributed by atoms with Crippen molar-refractivity contribution in [2.45, 2.75) is 13.0 Å². The number of hydrogen-bond donors (Lipinski definition) is 1. The van der Waals surface area contributed by atoms with E-state index in [-0.39, 0.29) is 24.2 Å². The van der Waals surface area contributed by atoms with Crippen LogP contribution in [0.1, 0.15) is 16.6 Å². The number of hydrogen-bond acceptors (Lipinski definition) is 4. The topological polar surface area (TPSA) is 66.6 Å². The Bertz CT molecular complexity index is 428. The number of carbonyl (C=O) groups excluding carboxylic acids is 2. The highest BCUT2D eigenvalue weighted by atomic mass is 35.5. The molecule has 2 N–H and O–H groups in total. The zero-order valence-electron chi connectivity index (χ0n) is 10.7. The van der Waals surface area contributed by atoms with Crippen LogP contribution in [-0.2, 0) is 4.79 Å². The molecule has 5 nitrogen and oxygen atoms in total. The van der Waals surface area contributed by atoms with Gasteiger partial charge in [-0.05, 0) is 18.4 Å². The molecule has 0 aromatic carbocycles. The van der Waals surface area contributed by atoms with Crippen molar-refractivity contribution in [3.63, 3.8) is 0 Å². The molecule has 1 atom stereocenters. The molecule has 2 amide bonds. The first-order valence-corrected chi connectivity index (χ1v) is 6.84. The molecule has 0 aliphatic carbocycles.